The van der Waals surface area contributed by atoms with Crippen molar-refractivity contribution in [2.24, 2.45) is 5.92 Å². The second-order valence-electron chi connectivity index (χ2n) is 10.2. The van der Waals surface area contributed by atoms with Gasteiger partial charge in [0.05, 0.1) is 11.2 Å². The fraction of sp³-hybridized carbons (Fsp3) is 0.355. The standard InChI is InChI=1S/C31H35N3O/c1-20(2)8-10-26(31-22(4)15-21(3)19-33-31)18-27(35)17-24-9-12-29-25(16-24)11-13-30(34-29)28-7-6-14-32-23(28)5/h6-7,9,11-16,19-20,26H,8,10,17-18H2,1-5H3. The van der Waals surface area contributed by atoms with Crippen LogP contribution in [0.5, 0.6) is 0 Å². The lowest BCUT2D eigenvalue weighted by molar-refractivity contribution is -0.118. The van der Waals surface area contributed by atoms with Crippen LogP contribution in [0.25, 0.3) is 22.2 Å². The number of hydrogen-bond donors (Lipinski definition) is 0. The van der Waals surface area contributed by atoms with Crippen molar-refractivity contribution in [2.45, 2.75) is 66.2 Å². The van der Waals surface area contributed by atoms with Crippen LogP contribution in [0.3, 0.4) is 0 Å². The number of Topliss-reactive ketones (excluding diaryl/α,β-unsaturated/α-hetero) is 1. The van der Waals surface area contributed by atoms with Crippen LogP contribution in [0.1, 0.15) is 67.1 Å². The molecule has 0 aliphatic heterocycles. The molecule has 35 heavy (non-hydrogen) atoms. The quantitative estimate of drug-likeness (QED) is 0.259. The maximum absolute atomic E-state index is 13.2. The van der Waals surface area contributed by atoms with E-state index in [0.717, 1.165) is 57.5 Å². The molecule has 0 saturated carbocycles. The molecule has 180 valence electrons. The molecule has 0 spiro atoms. The SMILES string of the molecule is Cc1cnc(C(CCC(C)C)CC(=O)Cc2ccc3nc(-c4cccnc4C)ccc3c2)c(C)c1. The van der Waals surface area contributed by atoms with E-state index >= 15 is 0 Å². The molecule has 3 aromatic heterocycles. The number of pyridine rings is 3. The van der Waals surface area contributed by atoms with Crippen LogP contribution in [-0.4, -0.2) is 20.7 Å². The molecule has 0 amide bonds. The lowest BCUT2D eigenvalue weighted by atomic mass is 9.87. The fourth-order valence-electron chi connectivity index (χ4n) is 4.79. The highest BCUT2D eigenvalue weighted by Gasteiger charge is 2.20. The molecule has 4 heteroatoms. The molecule has 1 atom stereocenters. The van der Waals surface area contributed by atoms with Crippen molar-refractivity contribution in [3.05, 3.63) is 89.0 Å². The predicted octanol–water partition coefficient (Wildman–Crippen LogP) is 7.34. The van der Waals surface area contributed by atoms with Crippen LogP contribution >= 0.6 is 0 Å². The minimum atomic E-state index is 0.165. The Morgan fingerprint density at radius 2 is 1.77 bits per heavy atom. The van der Waals surface area contributed by atoms with Crippen molar-refractivity contribution in [3.8, 4) is 11.3 Å². The average Bonchev–Trinajstić information content (AvgIpc) is 2.82. The number of rotatable bonds is 9. The van der Waals surface area contributed by atoms with Crippen molar-refractivity contribution in [2.75, 3.05) is 0 Å². The number of benzene rings is 1. The highest BCUT2D eigenvalue weighted by Crippen LogP contribution is 2.29. The van der Waals surface area contributed by atoms with E-state index in [9.17, 15) is 4.79 Å². The van der Waals surface area contributed by atoms with Gasteiger partial charge in [0, 0.05) is 53.5 Å². The molecule has 0 N–H and O–H groups in total. The Bertz CT molecular complexity index is 1340. The molecule has 4 rings (SSSR count). The summed E-state index contributed by atoms with van der Waals surface area (Å²) in [4.78, 5) is 27.1. The number of ketones is 1. The van der Waals surface area contributed by atoms with Crippen LogP contribution in [0.15, 0.2) is 60.9 Å². The summed E-state index contributed by atoms with van der Waals surface area (Å²) in [5, 5.41) is 1.05. The summed E-state index contributed by atoms with van der Waals surface area (Å²) in [6.45, 7) is 10.6. The zero-order valence-corrected chi connectivity index (χ0v) is 21.5. The first-order valence-corrected chi connectivity index (χ1v) is 12.6. The Balaban J connectivity index is 1.51. The van der Waals surface area contributed by atoms with Gasteiger partial charge in [0.15, 0.2) is 0 Å². The van der Waals surface area contributed by atoms with Gasteiger partial charge in [0.2, 0.25) is 0 Å². The molecule has 1 aromatic carbocycles. The van der Waals surface area contributed by atoms with Gasteiger partial charge >= 0.3 is 0 Å². The van der Waals surface area contributed by atoms with E-state index in [0.29, 0.717) is 18.8 Å². The first-order chi connectivity index (χ1) is 16.8. The molecule has 0 aliphatic rings. The Labute approximate surface area is 208 Å². The maximum Gasteiger partial charge on any atom is 0.137 e. The van der Waals surface area contributed by atoms with E-state index in [-0.39, 0.29) is 11.7 Å². The second-order valence-corrected chi connectivity index (χ2v) is 10.2. The van der Waals surface area contributed by atoms with Crippen molar-refractivity contribution in [3.63, 3.8) is 0 Å². The highest BCUT2D eigenvalue weighted by molar-refractivity contribution is 5.86. The summed E-state index contributed by atoms with van der Waals surface area (Å²) < 4.78 is 0. The molecular formula is C31H35N3O. The minimum Gasteiger partial charge on any atom is -0.299 e. The summed E-state index contributed by atoms with van der Waals surface area (Å²) in [6.07, 6.45) is 6.76. The molecule has 4 nitrogen and oxygen atoms in total. The topological polar surface area (TPSA) is 55.7 Å². The number of carbonyl (C=O) groups is 1. The van der Waals surface area contributed by atoms with Crippen LogP contribution < -0.4 is 0 Å². The lowest BCUT2D eigenvalue weighted by Crippen LogP contribution is -2.13. The largest absolute Gasteiger partial charge is 0.299 e. The van der Waals surface area contributed by atoms with Gasteiger partial charge < -0.3 is 0 Å². The van der Waals surface area contributed by atoms with E-state index in [4.69, 9.17) is 9.97 Å². The molecule has 0 bridgehead atoms. The summed E-state index contributed by atoms with van der Waals surface area (Å²) >= 11 is 0. The molecule has 1 unspecified atom stereocenters. The van der Waals surface area contributed by atoms with Crippen LogP contribution in [0.2, 0.25) is 0 Å². The number of fused-ring (bicyclic) bond motifs is 1. The highest BCUT2D eigenvalue weighted by atomic mass is 16.1. The Morgan fingerprint density at radius 3 is 2.51 bits per heavy atom. The van der Waals surface area contributed by atoms with Crippen LogP contribution in [-0.2, 0) is 11.2 Å². The van der Waals surface area contributed by atoms with E-state index in [1.54, 1.807) is 6.20 Å². The van der Waals surface area contributed by atoms with E-state index in [2.05, 4.69) is 50.9 Å². The van der Waals surface area contributed by atoms with E-state index < -0.39 is 0 Å². The van der Waals surface area contributed by atoms with Crippen molar-refractivity contribution in [1.29, 1.82) is 0 Å². The molecule has 3 heterocycles. The van der Waals surface area contributed by atoms with Gasteiger partial charge in [0.1, 0.15) is 5.78 Å². The zero-order chi connectivity index (χ0) is 24.9. The monoisotopic (exact) mass is 465 g/mol. The smallest absolute Gasteiger partial charge is 0.137 e. The van der Waals surface area contributed by atoms with E-state index in [1.165, 1.54) is 5.56 Å². The molecule has 4 aromatic rings. The first kappa shape index (κ1) is 24.7. The molecular weight excluding hydrogens is 430 g/mol. The van der Waals surface area contributed by atoms with Crippen molar-refractivity contribution < 1.29 is 4.79 Å². The average molecular weight is 466 g/mol. The number of carbonyl (C=O) groups excluding carboxylic acids is 1. The van der Waals surface area contributed by atoms with Gasteiger partial charge in [0.25, 0.3) is 0 Å². The molecule has 0 fully saturated rings. The van der Waals surface area contributed by atoms with Gasteiger partial charge in [-0.05, 0) is 80.1 Å². The zero-order valence-electron chi connectivity index (χ0n) is 21.5. The third-order valence-electron chi connectivity index (χ3n) is 6.65. The third kappa shape index (κ3) is 6.19. The van der Waals surface area contributed by atoms with Crippen LogP contribution in [0, 0.1) is 26.7 Å². The summed E-state index contributed by atoms with van der Waals surface area (Å²) in [5.41, 5.74) is 8.30. The predicted molar refractivity (Wildman–Crippen MR) is 144 cm³/mol. The Hall–Kier alpha value is -3.40. The molecule has 0 radical (unpaired) electrons. The summed E-state index contributed by atoms with van der Waals surface area (Å²) in [7, 11) is 0. The van der Waals surface area contributed by atoms with Gasteiger partial charge in [-0.2, -0.15) is 0 Å². The normalized spacial score (nSPS) is 12.3. The van der Waals surface area contributed by atoms with Crippen molar-refractivity contribution in [1.82, 2.24) is 15.0 Å². The minimum absolute atomic E-state index is 0.165. The lowest BCUT2D eigenvalue weighted by Gasteiger charge is -2.19. The number of aryl methyl sites for hydroxylation is 3. The number of hydrogen-bond acceptors (Lipinski definition) is 4. The van der Waals surface area contributed by atoms with Crippen molar-refractivity contribution >= 4 is 16.7 Å². The van der Waals surface area contributed by atoms with Gasteiger partial charge in [-0.25, -0.2) is 4.98 Å². The number of aromatic nitrogens is 3. The maximum atomic E-state index is 13.2. The van der Waals surface area contributed by atoms with Gasteiger partial charge in [-0.1, -0.05) is 38.5 Å². The van der Waals surface area contributed by atoms with Gasteiger partial charge in [-0.3, -0.25) is 14.8 Å². The second kappa shape index (κ2) is 10.9. The van der Waals surface area contributed by atoms with Crippen LogP contribution in [0.4, 0.5) is 0 Å². The Morgan fingerprint density at radius 1 is 0.943 bits per heavy atom. The van der Waals surface area contributed by atoms with Gasteiger partial charge in [-0.15, -0.1) is 0 Å². The Kier molecular flexibility index (Phi) is 7.70. The summed E-state index contributed by atoms with van der Waals surface area (Å²) in [6, 6.07) is 16.4. The number of nitrogens with zero attached hydrogens (tertiary/aromatic N) is 3. The fourth-order valence-corrected chi connectivity index (χ4v) is 4.79. The summed E-state index contributed by atoms with van der Waals surface area (Å²) in [5.74, 6) is 1.03. The first-order valence-electron chi connectivity index (χ1n) is 12.6. The molecule has 0 aliphatic carbocycles. The van der Waals surface area contributed by atoms with E-state index in [1.807, 2.05) is 43.5 Å². The molecule has 0 saturated heterocycles. The third-order valence-corrected chi connectivity index (χ3v) is 6.65.